The van der Waals surface area contributed by atoms with Crippen LogP contribution in [0.15, 0.2) is 182 Å². The van der Waals surface area contributed by atoms with Crippen LogP contribution < -0.4 is 9.13 Å². The predicted octanol–water partition coefficient (Wildman–Crippen LogP) is 6.82. The average Bonchev–Trinajstić information content (AvgIpc) is 3.98. The molecule has 8 nitrogen and oxygen atoms in total. The summed E-state index contributed by atoms with van der Waals surface area (Å²) < 4.78 is 14.1. The van der Waals surface area contributed by atoms with Crippen LogP contribution in [-0.2, 0) is 45.8 Å². The van der Waals surface area contributed by atoms with Crippen LogP contribution in [0.25, 0.3) is 0 Å². The molecule has 1 aliphatic carbocycles. The number of piperazine rings is 6. The van der Waals surface area contributed by atoms with Gasteiger partial charge in [-0.05, 0) is 16.7 Å². The molecule has 4 bridgehead atoms. The zero-order valence-electron chi connectivity index (χ0n) is 37.8. The topological polar surface area (TPSA) is 17.6 Å². The molecular weight excluding hydrogens is 785 g/mol. The first-order valence-corrected chi connectivity index (χ1v) is 24.0. The van der Waals surface area contributed by atoms with Crippen LogP contribution in [0.1, 0.15) is 33.4 Å². The first kappa shape index (κ1) is 41.0. The zero-order chi connectivity index (χ0) is 42.9. The summed E-state index contributed by atoms with van der Waals surface area (Å²) in [5, 5.41) is 0. The maximum Gasteiger partial charge on any atom is 0.245 e. The molecule has 8 heterocycles. The molecule has 7 aliphatic rings. The summed E-state index contributed by atoms with van der Waals surface area (Å²) in [7, 11) is 0. The molecular formula is C56H67N8+7. The van der Waals surface area contributed by atoms with E-state index in [1.165, 1.54) is 156 Å². The van der Waals surface area contributed by atoms with Gasteiger partial charge in [-0.2, -0.15) is 0 Å². The van der Waals surface area contributed by atoms with E-state index in [0.717, 1.165) is 30.7 Å². The Morgan fingerprint density at radius 2 is 0.875 bits per heavy atom. The van der Waals surface area contributed by atoms with E-state index in [-0.39, 0.29) is 0 Å². The van der Waals surface area contributed by atoms with E-state index in [0.29, 0.717) is 0 Å². The number of hydrogen-bond donors (Lipinski definition) is 0. The number of imidazole rings is 2. The van der Waals surface area contributed by atoms with Crippen molar-refractivity contribution in [2.24, 2.45) is 0 Å². The lowest BCUT2D eigenvalue weighted by Gasteiger charge is -2.55. The third kappa shape index (κ3) is 9.24. The van der Waals surface area contributed by atoms with E-state index in [1.54, 1.807) is 0 Å². The summed E-state index contributed by atoms with van der Waals surface area (Å²) in [6, 6.07) is 40.8. The van der Waals surface area contributed by atoms with Gasteiger partial charge in [0.25, 0.3) is 0 Å². The van der Waals surface area contributed by atoms with Crippen LogP contribution in [-0.4, -0.2) is 106 Å². The molecule has 0 radical (unpaired) electrons. The van der Waals surface area contributed by atoms with Crippen molar-refractivity contribution in [3.8, 4) is 0 Å². The third-order valence-corrected chi connectivity index (χ3v) is 15.8. The number of nitrogens with zero attached hydrogens (tertiary/aromatic N) is 8. The summed E-state index contributed by atoms with van der Waals surface area (Å²) in [6.07, 6.45) is 25.1. The summed E-state index contributed by atoms with van der Waals surface area (Å²) in [6.45, 7) is 22.6. The number of rotatable bonds is 15. The Morgan fingerprint density at radius 1 is 0.453 bits per heavy atom. The fraction of sp³-hybridized carbons (Fsp3) is 0.339. The molecule has 64 heavy (non-hydrogen) atoms. The zero-order valence-corrected chi connectivity index (χ0v) is 37.8. The predicted molar refractivity (Wildman–Crippen MR) is 252 cm³/mol. The number of hydrogen-bond acceptors (Lipinski definition) is 0. The highest BCUT2D eigenvalue weighted by Gasteiger charge is 2.51. The number of fused-ring (bicyclic) bond motifs is 6. The summed E-state index contributed by atoms with van der Waals surface area (Å²) in [4.78, 5) is 0. The minimum Gasteiger partial charge on any atom is -0.306 e. The van der Waals surface area contributed by atoms with Crippen LogP contribution in [0, 0.1) is 6.42 Å². The van der Waals surface area contributed by atoms with Crippen molar-refractivity contribution in [3.05, 3.63) is 222 Å². The van der Waals surface area contributed by atoms with Gasteiger partial charge in [0.2, 0.25) is 12.7 Å². The second-order valence-corrected chi connectivity index (χ2v) is 20.4. The van der Waals surface area contributed by atoms with Crippen molar-refractivity contribution in [2.75, 3.05) is 78.5 Å². The molecule has 6 aliphatic heterocycles. The fourth-order valence-electron chi connectivity index (χ4n) is 11.7. The lowest BCUT2D eigenvalue weighted by atomic mass is 10.00. The van der Waals surface area contributed by atoms with Crippen molar-refractivity contribution in [1.82, 2.24) is 9.13 Å². The molecule has 0 saturated carbocycles. The van der Waals surface area contributed by atoms with Gasteiger partial charge >= 0.3 is 0 Å². The Bertz CT molecular complexity index is 2580. The number of benzene rings is 4. The van der Waals surface area contributed by atoms with E-state index in [1.807, 2.05) is 0 Å². The third-order valence-electron chi connectivity index (χ3n) is 15.8. The molecule has 6 aromatic rings. The average molecular weight is 852 g/mol. The molecule has 6 fully saturated rings. The Labute approximate surface area is 381 Å². The largest absolute Gasteiger partial charge is 0.306 e. The number of allylic oxidation sites excluding steroid dienone is 5. The van der Waals surface area contributed by atoms with E-state index in [4.69, 9.17) is 0 Å². The Hall–Kier alpha value is -5.77. The molecule has 2 aromatic heterocycles. The van der Waals surface area contributed by atoms with Gasteiger partial charge in [-0.1, -0.05) is 109 Å². The molecule has 0 unspecified atom stereocenters. The van der Waals surface area contributed by atoms with Crippen molar-refractivity contribution < 1.29 is 27.1 Å². The van der Waals surface area contributed by atoms with Crippen LogP contribution in [0.3, 0.4) is 0 Å². The molecule has 0 spiro atoms. The van der Waals surface area contributed by atoms with Crippen LogP contribution in [0.2, 0.25) is 0 Å². The Morgan fingerprint density at radius 3 is 1.31 bits per heavy atom. The summed E-state index contributed by atoms with van der Waals surface area (Å²) >= 11 is 0. The van der Waals surface area contributed by atoms with Gasteiger partial charge in [-0.25, -0.2) is 22.8 Å². The Kier molecular flexibility index (Phi) is 11.1. The standard InChI is InChI=1S/C56H67N8/c1-3-7-49(8-4-1)39-57-23-25-59(47-57)41-51-11-15-53(16-12-51)43-61-27-33-63(34-28-61,35-29-61)45-55-19-21-56(22-20-55)46-64-36-30-62(31-37-64,32-38-64)44-54-17-13-52(14-18-54)42-60-26-24-58(48-60)40-50-9-5-2-6-10-50/h1-26,43,47-48H,27-42,44-46H2/q+7. The molecule has 8 heteroatoms. The molecule has 4 aromatic carbocycles. The van der Waals surface area contributed by atoms with Gasteiger partial charge in [-0.3, -0.25) is 0 Å². The second-order valence-electron chi connectivity index (χ2n) is 20.4. The van der Waals surface area contributed by atoms with Crippen molar-refractivity contribution >= 4 is 0 Å². The molecule has 0 N–H and O–H groups in total. The lowest BCUT2D eigenvalue weighted by Crippen LogP contribution is -2.74. The normalized spacial score (nSPS) is 26.6. The van der Waals surface area contributed by atoms with Gasteiger partial charge in [0.1, 0.15) is 155 Å². The number of quaternary nitrogens is 4. The van der Waals surface area contributed by atoms with Gasteiger partial charge in [0.15, 0.2) is 6.20 Å². The maximum absolute atomic E-state index is 2.58. The summed E-state index contributed by atoms with van der Waals surface area (Å²) in [5.41, 5.74) is 11.3. The highest BCUT2D eigenvalue weighted by Crippen LogP contribution is 2.33. The van der Waals surface area contributed by atoms with Gasteiger partial charge in [0.05, 0.1) is 5.57 Å². The fourth-order valence-corrected chi connectivity index (χ4v) is 11.7. The second kappa shape index (κ2) is 17.3. The minimum absolute atomic E-state index is 0.896. The molecule has 0 amide bonds. The van der Waals surface area contributed by atoms with Crippen molar-refractivity contribution in [1.29, 1.82) is 0 Å². The molecule has 0 atom stereocenters. The minimum atomic E-state index is 0.896. The van der Waals surface area contributed by atoms with Crippen LogP contribution >= 0.6 is 0 Å². The molecule has 13 rings (SSSR count). The van der Waals surface area contributed by atoms with Crippen LogP contribution in [0.4, 0.5) is 0 Å². The Balaban J connectivity index is 0.625. The van der Waals surface area contributed by atoms with Crippen LogP contribution in [0.5, 0.6) is 0 Å². The summed E-state index contributed by atoms with van der Waals surface area (Å²) in [5.74, 6) is 0. The van der Waals surface area contributed by atoms with E-state index in [9.17, 15) is 0 Å². The first-order chi connectivity index (χ1) is 31.4. The van der Waals surface area contributed by atoms with Gasteiger partial charge < -0.3 is 13.4 Å². The highest BCUT2D eigenvalue weighted by atomic mass is 15.5. The van der Waals surface area contributed by atoms with Gasteiger partial charge in [0, 0.05) is 41.3 Å². The molecule has 324 valence electrons. The van der Waals surface area contributed by atoms with Crippen molar-refractivity contribution in [3.63, 3.8) is 0 Å². The lowest BCUT2D eigenvalue weighted by molar-refractivity contribution is -1.09. The first-order valence-electron chi connectivity index (χ1n) is 24.0. The van der Waals surface area contributed by atoms with E-state index < -0.39 is 0 Å². The SMILES string of the molecule is C1=C/C(=C/[N+]23CC[N+](Cc4ccc(C[N+]56CC[N+](Cc7ccc(Cn8cc[n+](Cc9ccccc9)c8)cc7)(CC5)CC6)cc4)(CC2)CC3)[CH+]C=C1Cn1cc[n+](Cc2ccccc2)c1. The highest BCUT2D eigenvalue weighted by molar-refractivity contribution is 5.42. The van der Waals surface area contributed by atoms with Gasteiger partial charge in [-0.15, -0.1) is 0 Å². The quantitative estimate of drug-likeness (QED) is 0.0615. The smallest absolute Gasteiger partial charge is 0.245 e. The van der Waals surface area contributed by atoms with E-state index >= 15 is 0 Å². The van der Waals surface area contributed by atoms with E-state index in [2.05, 4.69) is 196 Å². The van der Waals surface area contributed by atoms with Crippen molar-refractivity contribution in [2.45, 2.75) is 45.8 Å². The maximum atomic E-state index is 2.58. The monoisotopic (exact) mass is 852 g/mol. The number of aromatic nitrogens is 4. The molecule has 6 saturated heterocycles.